The van der Waals surface area contributed by atoms with E-state index in [0.29, 0.717) is 5.82 Å². The second-order valence-electron chi connectivity index (χ2n) is 9.22. The van der Waals surface area contributed by atoms with Gasteiger partial charge in [0.1, 0.15) is 0 Å². The van der Waals surface area contributed by atoms with Crippen LogP contribution >= 0.6 is 15.9 Å². The van der Waals surface area contributed by atoms with E-state index in [2.05, 4.69) is 124 Å². The van der Waals surface area contributed by atoms with Crippen LogP contribution in [0.3, 0.4) is 0 Å². The third kappa shape index (κ3) is 3.90. The summed E-state index contributed by atoms with van der Waals surface area (Å²) in [4.78, 5) is 10.1. The van der Waals surface area contributed by atoms with Crippen LogP contribution in [0.15, 0.2) is 138 Å². The smallest absolute Gasteiger partial charge is 0.160 e. The van der Waals surface area contributed by atoms with E-state index in [1.165, 1.54) is 21.8 Å². The normalized spacial score (nSPS) is 11.3. The van der Waals surface area contributed by atoms with Crippen molar-refractivity contribution in [2.24, 2.45) is 0 Å². The molecule has 0 unspecified atom stereocenters. The summed E-state index contributed by atoms with van der Waals surface area (Å²) < 4.78 is 3.39. The molecule has 0 saturated carbocycles. The highest BCUT2D eigenvalue weighted by atomic mass is 79.9. The summed E-state index contributed by atoms with van der Waals surface area (Å²) in [5, 5.41) is 2.47. The fourth-order valence-electron chi connectivity index (χ4n) is 5.14. The Bertz CT molecular complexity index is 1870. The fraction of sp³-hybridized carbons (Fsp3) is 0. The molecule has 2 heterocycles. The average Bonchev–Trinajstić information content (AvgIpc) is 3.32. The van der Waals surface area contributed by atoms with Gasteiger partial charge in [-0.3, -0.25) is 0 Å². The predicted molar refractivity (Wildman–Crippen MR) is 160 cm³/mol. The summed E-state index contributed by atoms with van der Waals surface area (Å²) in [5.74, 6) is 0.707. The van der Waals surface area contributed by atoms with Crippen molar-refractivity contribution in [1.82, 2.24) is 14.5 Å². The largest absolute Gasteiger partial charge is 0.309 e. The first-order valence-electron chi connectivity index (χ1n) is 12.5. The van der Waals surface area contributed by atoms with Gasteiger partial charge in [0.2, 0.25) is 0 Å². The second-order valence-corrected chi connectivity index (χ2v) is 10.1. The quantitative estimate of drug-likeness (QED) is 0.218. The zero-order chi connectivity index (χ0) is 25.5. The molecule has 0 aliphatic heterocycles. The van der Waals surface area contributed by atoms with Gasteiger partial charge in [0.15, 0.2) is 5.82 Å². The molecule has 3 nitrogen and oxygen atoms in total. The van der Waals surface area contributed by atoms with Crippen LogP contribution in [0.4, 0.5) is 0 Å². The van der Waals surface area contributed by atoms with Gasteiger partial charge in [-0.15, -0.1) is 0 Å². The minimum atomic E-state index is 0.707. The molecule has 7 aromatic rings. The molecule has 2 aromatic heterocycles. The van der Waals surface area contributed by atoms with Gasteiger partial charge >= 0.3 is 0 Å². The summed E-state index contributed by atoms with van der Waals surface area (Å²) in [6, 6.07) is 46.2. The average molecular weight is 552 g/mol. The van der Waals surface area contributed by atoms with Crippen molar-refractivity contribution in [2.45, 2.75) is 0 Å². The van der Waals surface area contributed by atoms with Gasteiger partial charge in [0.25, 0.3) is 0 Å². The van der Waals surface area contributed by atoms with E-state index in [4.69, 9.17) is 9.97 Å². The highest BCUT2D eigenvalue weighted by Gasteiger charge is 2.17. The summed E-state index contributed by atoms with van der Waals surface area (Å²) in [6.45, 7) is 0. The van der Waals surface area contributed by atoms with Crippen molar-refractivity contribution in [2.75, 3.05) is 0 Å². The SMILES string of the molecule is Brc1ccc(-c2cc(-c3ccccc3-n3c4ccccc4c4ccccc43)nc(-c3ccccc3)n2)cc1. The standard InChI is InChI=1S/C34H22BrN3/c35-25-20-18-23(19-21-25)29-22-30(37-34(36-29)24-10-2-1-3-11-24)28-14-6-9-17-33(28)38-31-15-7-4-12-26(31)27-13-5-8-16-32(27)38/h1-22H. The maximum atomic E-state index is 5.11. The molecule has 0 atom stereocenters. The molecule has 0 amide bonds. The molecule has 180 valence electrons. The van der Waals surface area contributed by atoms with Gasteiger partial charge in [-0.2, -0.15) is 0 Å². The Balaban J connectivity index is 1.51. The first kappa shape index (κ1) is 22.6. The minimum absolute atomic E-state index is 0.707. The van der Waals surface area contributed by atoms with E-state index in [1.807, 2.05) is 30.3 Å². The Morgan fingerprint density at radius 2 is 1.08 bits per heavy atom. The maximum absolute atomic E-state index is 5.11. The number of halogens is 1. The van der Waals surface area contributed by atoms with Crippen LogP contribution in [0.2, 0.25) is 0 Å². The molecule has 5 aromatic carbocycles. The number of aromatic nitrogens is 3. The molecule has 0 saturated heterocycles. The molecular weight excluding hydrogens is 530 g/mol. The molecular formula is C34H22BrN3. The van der Waals surface area contributed by atoms with Crippen molar-refractivity contribution < 1.29 is 0 Å². The van der Waals surface area contributed by atoms with E-state index >= 15 is 0 Å². The van der Waals surface area contributed by atoms with Crippen LogP contribution in [-0.2, 0) is 0 Å². The number of nitrogens with zero attached hydrogens (tertiary/aromatic N) is 3. The molecule has 0 bridgehead atoms. The molecule has 0 fully saturated rings. The van der Waals surface area contributed by atoms with Gasteiger partial charge in [-0.05, 0) is 36.4 Å². The molecule has 0 radical (unpaired) electrons. The van der Waals surface area contributed by atoms with Crippen LogP contribution < -0.4 is 0 Å². The predicted octanol–water partition coefficient (Wildman–Crippen LogP) is 9.34. The van der Waals surface area contributed by atoms with Crippen molar-refractivity contribution in [1.29, 1.82) is 0 Å². The number of hydrogen-bond acceptors (Lipinski definition) is 2. The van der Waals surface area contributed by atoms with Crippen LogP contribution in [0.25, 0.3) is 61.4 Å². The Morgan fingerprint density at radius 1 is 0.500 bits per heavy atom. The molecule has 0 aliphatic rings. The zero-order valence-corrected chi connectivity index (χ0v) is 22.0. The molecule has 38 heavy (non-hydrogen) atoms. The molecule has 0 spiro atoms. The lowest BCUT2D eigenvalue weighted by Gasteiger charge is -2.15. The second kappa shape index (κ2) is 9.40. The number of para-hydroxylation sites is 3. The van der Waals surface area contributed by atoms with E-state index < -0.39 is 0 Å². The molecule has 4 heteroatoms. The number of benzene rings is 5. The third-order valence-corrected chi connectivity index (χ3v) is 7.43. The first-order valence-corrected chi connectivity index (χ1v) is 13.3. The van der Waals surface area contributed by atoms with Gasteiger partial charge < -0.3 is 4.57 Å². The van der Waals surface area contributed by atoms with E-state index in [0.717, 1.165) is 38.2 Å². The van der Waals surface area contributed by atoms with Gasteiger partial charge in [0, 0.05) is 31.9 Å². The summed E-state index contributed by atoms with van der Waals surface area (Å²) in [5.41, 5.74) is 8.29. The van der Waals surface area contributed by atoms with Gasteiger partial charge in [-0.25, -0.2) is 9.97 Å². The van der Waals surface area contributed by atoms with E-state index in [1.54, 1.807) is 0 Å². The zero-order valence-electron chi connectivity index (χ0n) is 20.4. The van der Waals surface area contributed by atoms with Crippen molar-refractivity contribution >= 4 is 37.7 Å². The highest BCUT2D eigenvalue weighted by molar-refractivity contribution is 9.10. The number of fused-ring (bicyclic) bond motifs is 3. The van der Waals surface area contributed by atoms with Gasteiger partial charge in [-0.1, -0.05) is 113 Å². The lowest BCUT2D eigenvalue weighted by Crippen LogP contribution is -2.00. The lowest BCUT2D eigenvalue weighted by molar-refractivity contribution is 1.15. The molecule has 0 N–H and O–H groups in total. The van der Waals surface area contributed by atoms with Gasteiger partial charge in [0.05, 0.1) is 28.1 Å². The summed E-state index contributed by atoms with van der Waals surface area (Å²) in [7, 11) is 0. The highest BCUT2D eigenvalue weighted by Crippen LogP contribution is 2.37. The van der Waals surface area contributed by atoms with Crippen LogP contribution in [0.1, 0.15) is 0 Å². The maximum Gasteiger partial charge on any atom is 0.160 e. The van der Waals surface area contributed by atoms with Crippen molar-refractivity contribution in [3.8, 4) is 39.6 Å². The Labute approximate surface area is 229 Å². The van der Waals surface area contributed by atoms with Crippen molar-refractivity contribution in [3.63, 3.8) is 0 Å². The number of hydrogen-bond donors (Lipinski definition) is 0. The fourth-order valence-corrected chi connectivity index (χ4v) is 5.40. The Morgan fingerprint density at radius 3 is 1.79 bits per heavy atom. The lowest BCUT2D eigenvalue weighted by atomic mass is 10.0. The first-order chi connectivity index (χ1) is 18.8. The van der Waals surface area contributed by atoms with E-state index in [-0.39, 0.29) is 0 Å². The van der Waals surface area contributed by atoms with E-state index in [9.17, 15) is 0 Å². The molecule has 0 aliphatic carbocycles. The van der Waals surface area contributed by atoms with Crippen LogP contribution in [0.5, 0.6) is 0 Å². The van der Waals surface area contributed by atoms with Crippen LogP contribution in [0, 0.1) is 0 Å². The monoisotopic (exact) mass is 551 g/mol. The Kier molecular flexibility index (Phi) is 5.60. The van der Waals surface area contributed by atoms with Crippen molar-refractivity contribution in [3.05, 3.63) is 138 Å². The number of rotatable bonds is 4. The third-order valence-electron chi connectivity index (χ3n) is 6.90. The molecule has 7 rings (SSSR count). The Hall–Kier alpha value is -4.54. The minimum Gasteiger partial charge on any atom is -0.309 e. The summed E-state index contributed by atoms with van der Waals surface area (Å²) >= 11 is 3.56. The summed E-state index contributed by atoms with van der Waals surface area (Å²) in [6.07, 6.45) is 0. The topological polar surface area (TPSA) is 30.7 Å². The van der Waals surface area contributed by atoms with Crippen LogP contribution in [-0.4, -0.2) is 14.5 Å².